The molecule has 1 unspecified atom stereocenters. The second-order valence-corrected chi connectivity index (χ2v) is 13.1. The molecule has 3 rings (SSSR count). The predicted molar refractivity (Wildman–Crippen MR) is 113 cm³/mol. The van der Waals surface area contributed by atoms with E-state index in [-0.39, 0.29) is 11.0 Å². The van der Waals surface area contributed by atoms with E-state index in [0.29, 0.717) is 19.4 Å². The first kappa shape index (κ1) is 20.8. The number of hydrogen-bond acceptors (Lipinski definition) is 3. The van der Waals surface area contributed by atoms with E-state index in [2.05, 4.69) is 45.0 Å². The summed E-state index contributed by atoms with van der Waals surface area (Å²) in [6.45, 7) is 6.97. The third-order valence-electron chi connectivity index (χ3n) is 5.92. The summed E-state index contributed by atoms with van der Waals surface area (Å²) in [7, 11) is -2.68. The van der Waals surface area contributed by atoms with E-state index in [1.807, 2.05) is 36.4 Å². The number of aliphatic hydroxyl groups is 1. The summed E-state index contributed by atoms with van der Waals surface area (Å²) in [6.07, 6.45) is 0.230. The normalized spacial score (nSPS) is 22.9. The molecule has 0 heterocycles. The first-order chi connectivity index (χ1) is 13.3. The fourth-order valence-corrected chi connectivity index (χ4v) is 9.20. The summed E-state index contributed by atoms with van der Waals surface area (Å²) in [5.74, 6) is -1.56. The van der Waals surface area contributed by atoms with Gasteiger partial charge in [-0.15, -0.1) is 0 Å². The van der Waals surface area contributed by atoms with E-state index in [4.69, 9.17) is 4.43 Å². The molecule has 4 nitrogen and oxygen atoms in total. The SMILES string of the molecule is CC(C)(C)[Si](OC[C@@H]1C[C@@H](O)CC1C(=O)O)(c1ccccc1)c1ccccc1. The number of aliphatic carboxylic acids is 1. The Morgan fingerprint density at radius 3 is 1.93 bits per heavy atom. The van der Waals surface area contributed by atoms with Gasteiger partial charge in [0.15, 0.2) is 0 Å². The average Bonchev–Trinajstić information content (AvgIpc) is 3.04. The Labute approximate surface area is 168 Å². The highest BCUT2D eigenvalue weighted by molar-refractivity contribution is 6.99. The van der Waals surface area contributed by atoms with Gasteiger partial charge >= 0.3 is 5.97 Å². The largest absolute Gasteiger partial charge is 0.481 e. The van der Waals surface area contributed by atoms with Crippen LogP contribution in [-0.2, 0) is 9.22 Å². The quantitative estimate of drug-likeness (QED) is 0.734. The lowest BCUT2D eigenvalue weighted by Crippen LogP contribution is -2.67. The highest BCUT2D eigenvalue weighted by Crippen LogP contribution is 2.39. The van der Waals surface area contributed by atoms with Gasteiger partial charge in [-0.25, -0.2) is 0 Å². The molecule has 2 aromatic carbocycles. The standard InChI is InChI=1S/C23H30O4Si/c1-23(2,3)28(19-10-6-4-7-11-19,20-12-8-5-9-13-20)27-16-17-14-18(24)15-21(17)22(25)26/h4-13,17-18,21,24H,14-16H2,1-3H3,(H,25,26)/t17-,18+,21?/m0/s1. The van der Waals surface area contributed by atoms with E-state index in [1.165, 1.54) is 10.4 Å². The van der Waals surface area contributed by atoms with E-state index in [9.17, 15) is 15.0 Å². The molecule has 0 radical (unpaired) electrons. The minimum atomic E-state index is -2.68. The summed E-state index contributed by atoms with van der Waals surface area (Å²) in [4.78, 5) is 11.7. The smallest absolute Gasteiger partial charge is 0.306 e. The molecule has 0 amide bonds. The topological polar surface area (TPSA) is 66.8 Å². The molecule has 1 saturated carbocycles. The lowest BCUT2D eigenvalue weighted by atomic mass is 9.97. The highest BCUT2D eigenvalue weighted by atomic mass is 28.4. The van der Waals surface area contributed by atoms with Crippen molar-refractivity contribution in [2.45, 2.75) is 44.8 Å². The third kappa shape index (κ3) is 3.92. The third-order valence-corrected chi connectivity index (χ3v) is 10.9. The Balaban J connectivity index is 2.03. The number of carboxylic acid groups (broad SMARTS) is 1. The lowest BCUT2D eigenvalue weighted by molar-refractivity contribution is -0.143. The highest BCUT2D eigenvalue weighted by Gasteiger charge is 2.51. The van der Waals surface area contributed by atoms with Crippen LogP contribution in [0.1, 0.15) is 33.6 Å². The van der Waals surface area contributed by atoms with Crippen molar-refractivity contribution in [1.82, 2.24) is 0 Å². The minimum absolute atomic E-state index is 0.147. The Hall–Kier alpha value is -1.95. The van der Waals surface area contributed by atoms with Crippen LogP contribution in [0.4, 0.5) is 0 Å². The van der Waals surface area contributed by atoms with Crippen LogP contribution in [0.3, 0.4) is 0 Å². The second kappa shape index (κ2) is 8.19. The number of carbonyl (C=O) groups is 1. The molecule has 2 aromatic rings. The van der Waals surface area contributed by atoms with Crippen molar-refractivity contribution in [1.29, 1.82) is 0 Å². The van der Waals surface area contributed by atoms with Crippen molar-refractivity contribution in [3.8, 4) is 0 Å². The molecule has 150 valence electrons. The number of aliphatic hydroxyl groups excluding tert-OH is 1. The molecule has 1 aliphatic carbocycles. The van der Waals surface area contributed by atoms with Crippen molar-refractivity contribution in [3.05, 3.63) is 60.7 Å². The van der Waals surface area contributed by atoms with Crippen LogP contribution in [0.15, 0.2) is 60.7 Å². The summed E-state index contributed by atoms with van der Waals surface area (Å²) in [6, 6.07) is 20.7. The van der Waals surface area contributed by atoms with Crippen LogP contribution in [0.2, 0.25) is 5.04 Å². The average molecular weight is 399 g/mol. The summed E-state index contributed by atoms with van der Waals surface area (Å²) in [5.41, 5.74) is 0. The molecule has 28 heavy (non-hydrogen) atoms. The van der Waals surface area contributed by atoms with Gasteiger partial charge in [0.05, 0.1) is 12.0 Å². The summed E-state index contributed by atoms with van der Waals surface area (Å²) < 4.78 is 6.84. The van der Waals surface area contributed by atoms with Gasteiger partial charge in [0.25, 0.3) is 8.32 Å². The summed E-state index contributed by atoms with van der Waals surface area (Å²) >= 11 is 0. The Morgan fingerprint density at radius 1 is 1.00 bits per heavy atom. The van der Waals surface area contributed by atoms with Gasteiger partial charge in [-0.3, -0.25) is 4.79 Å². The molecule has 5 heteroatoms. The van der Waals surface area contributed by atoms with E-state index in [0.717, 1.165) is 0 Å². The fraction of sp³-hybridized carbons (Fsp3) is 0.435. The van der Waals surface area contributed by atoms with Crippen molar-refractivity contribution >= 4 is 24.7 Å². The molecular formula is C23H30O4Si. The van der Waals surface area contributed by atoms with Crippen LogP contribution >= 0.6 is 0 Å². The monoisotopic (exact) mass is 398 g/mol. The van der Waals surface area contributed by atoms with Crippen molar-refractivity contribution < 1.29 is 19.4 Å². The maximum Gasteiger partial charge on any atom is 0.306 e. The number of hydrogen-bond donors (Lipinski definition) is 2. The molecule has 0 aliphatic heterocycles. The zero-order chi connectivity index (χ0) is 20.4. The Morgan fingerprint density at radius 2 is 1.50 bits per heavy atom. The van der Waals surface area contributed by atoms with Gasteiger partial charge in [0.2, 0.25) is 0 Å². The molecule has 0 saturated heterocycles. The Kier molecular flexibility index (Phi) is 6.08. The predicted octanol–water partition coefficient (Wildman–Crippen LogP) is 3.03. The first-order valence-corrected chi connectivity index (χ1v) is 11.8. The summed E-state index contributed by atoms with van der Waals surface area (Å²) in [5, 5.41) is 21.8. The molecule has 2 N–H and O–H groups in total. The lowest BCUT2D eigenvalue weighted by Gasteiger charge is -2.43. The van der Waals surface area contributed by atoms with Crippen LogP contribution in [-0.4, -0.2) is 37.2 Å². The van der Waals surface area contributed by atoms with E-state index < -0.39 is 26.3 Å². The van der Waals surface area contributed by atoms with Crippen molar-refractivity contribution in [2.24, 2.45) is 11.8 Å². The van der Waals surface area contributed by atoms with Crippen LogP contribution in [0.5, 0.6) is 0 Å². The van der Waals surface area contributed by atoms with Gasteiger partial charge in [0.1, 0.15) is 0 Å². The zero-order valence-electron chi connectivity index (χ0n) is 16.8. The molecule has 0 spiro atoms. The van der Waals surface area contributed by atoms with Crippen molar-refractivity contribution in [2.75, 3.05) is 6.61 Å². The van der Waals surface area contributed by atoms with E-state index >= 15 is 0 Å². The molecular weight excluding hydrogens is 368 g/mol. The van der Waals surface area contributed by atoms with Gasteiger partial charge in [-0.2, -0.15) is 0 Å². The van der Waals surface area contributed by atoms with Crippen LogP contribution in [0.25, 0.3) is 0 Å². The molecule has 0 bridgehead atoms. The second-order valence-electron chi connectivity index (χ2n) is 8.80. The maximum atomic E-state index is 11.7. The van der Waals surface area contributed by atoms with Crippen LogP contribution < -0.4 is 10.4 Å². The van der Waals surface area contributed by atoms with Crippen molar-refractivity contribution in [3.63, 3.8) is 0 Å². The zero-order valence-corrected chi connectivity index (χ0v) is 17.8. The molecule has 3 atom stereocenters. The van der Waals surface area contributed by atoms with Gasteiger partial charge in [-0.1, -0.05) is 81.4 Å². The Bertz CT molecular complexity index is 746. The van der Waals surface area contributed by atoms with Gasteiger partial charge in [0, 0.05) is 6.61 Å². The maximum absolute atomic E-state index is 11.7. The number of carboxylic acids is 1. The van der Waals surface area contributed by atoms with Gasteiger partial charge < -0.3 is 14.6 Å². The van der Waals surface area contributed by atoms with Crippen LogP contribution in [0, 0.1) is 11.8 Å². The fourth-order valence-electron chi connectivity index (χ4n) is 4.58. The minimum Gasteiger partial charge on any atom is -0.481 e. The number of benzene rings is 2. The van der Waals surface area contributed by atoms with Gasteiger partial charge in [-0.05, 0) is 34.2 Å². The number of rotatable bonds is 6. The molecule has 1 fully saturated rings. The molecule has 1 aliphatic rings. The molecule has 0 aromatic heterocycles. The first-order valence-electron chi connectivity index (χ1n) is 9.91. The van der Waals surface area contributed by atoms with E-state index in [1.54, 1.807) is 0 Å².